The number of carbonyl (C=O) groups is 1. The van der Waals surface area contributed by atoms with Gasteiger partial charge in [-0.1, -0.05) is 0 Å². The molecular weight excluding hydrogens is 282 g/mol. The van der Waals surface area contributed by atoms with E-state index in [9.17, 15) is 4.79 Å². The average Bonchev–Trinajstić information content (AvgIpc) is 2.99. The van der Waals surface area contributed by atoms with Crippen molar-refractivity contribution >= 4 is 6.03 Å². The molecule has 0 saturated carbocycles. The normalized spacial score (nSPS) is 18.1. The van der Waals surface area contributed by atoms with Crippen LogP contribution in [-0.4, -0.2) is 61.8 Å². The van der Waals surface area contributed by atoms with Crippen LogP contribution >= 0.6 is 0 Å². The summed E-state index contributed by atoms with van der Waals surface area (Å²) in [7, 11) is 3.76. The van der Waals surface area contributed by atoms with E-state index in [0.29, 0.717) is 13.2 Å². The molecule has 2 rings (SSSR count). The van der Waals surface area contributed by atoms with Gasteiger partial charge in [0.05, 0.1) is 25.5 Å². The maximum Gasteiger partial charge on any atom is 0.318 e. The molecule has 1 N–H and O–H groups in total. The van der Waals surface area contributed by atoms with E-state index < -0.39 is 0 Å². The minimum absolute atomic E-state index is 0.0112. The van der Waals surface area contributed by atoms with E-state index >= 15 is 0 Å². The van der Waals surface area contributed by atoms with E-state index in [2.05, 4.69) is 17.3 Å². The van der Waals surface area contributed by atoms with Crippen molar-refractivity contribution in [1.29, 1.82) is 0 Å². The van der Waals surface area contributed by atoms with E-state index in [0.717, 1.165) is 31.7 Å². The van der Waals surface area contributed by atoms with E-state index in [1.54, 1.807) is 13.4 Å². The van der Waals surface area contributed by atoms with Gasteiger partial charge in [0.2, 0.25) is 0 Å². The Balaban J connectivity index is 2.02. The molecule has 2 amide bonds. The molecule has 1 aliphatic heterocycles. The molecular formula is C16H27N3O3. The standard InChI is InChI=1S/C16H27N3O3/c1-13(12-21-3)17-16(20)19(11-15-5-4-10-22-15)14-6-8-18(2)9-7-14/h4-5,10,13-14H,6-9,11-12H2,1-3H3,(H,17,20)/t13-/m0/s1. The number of nitrogens with one attached hydrogen (secondary N) is 1. The van der Waals surface area contributed by atoms with E-state index in [1.165, 1.54) is 0 Å². The number of hydrogen-bond acceptors (Lipinski definition) is 4. The number of carbonyl (C=O) groups excluding carboxylic acids is 1. The second-order valence-corrected chi connectivity index (χ2v) is 6.05. The first-order valence-electron chi connectivity index (χ1n) is 7.87. The molecule has 22 heavy (non-hydrogen) atoms. The van der Waals surface area contributed by atoms with Gasteiger partial charge in [-0.15, -0.1) is 0 Å². The third-order valence-electron chi connectivity index (χ3n) is 4.08. The second kappa shape index (κ2) is 8.19. The van der Waals surface area contributed by atoms with Gasteiger partial charge in [0.15, 0.2) is 0 Å². The maximum absolute atomic E-state index is 12.6. The molecule has 6 heteroatoms. The van der Waals surface area contributed by atoms with Crippen molar-refractivity contribution in [2.24, 2.45) is 0 Å². The Kier molecular flexibility index (Phi) is 6.27. The summed E-state index contributed by atoms with van der Waals surface area (Å²) in [5.41, 5.74) is 0. The van der Waals surface area contributed by atoms with Gasteiger partial charge in [-0.25, -0.2) is 4.79 Å². The molecule has 0 unspecified atom stereocenters. The molecule has 6 nitrogen and oxygen atoms in total. The second-order valence-electron chi connectivity index (χ2n) is 6.05. The summed E-state index contributed by atoms with van der Waals surface area (Å²) in [6.45, 7) is 4.99. The first-order valence-corrected chi connectivity index (χ1v) is 7.87. The zero-order valence-electron chi connectivity index (χ0n) is 13.7. The first-order chi connectivity index (χ1) is 10.6. The summed E-state index contributed by atoms with van der Waals surface area (Å²) >= 11 is 0. The van der Waals surface area contributed by atoms with Gasteiger partial charge in [-0.05, 0) is 52.0 Å². The maximum atomic E-state index is 12.6. The number of urea groups is 1. The van der Waals surface area contributed by atoms with Crippen molar-refractivity contribution < 1.29 is 13.9 Å². The number of methoxy groups -OCH3 is 1. The number of furan rings is 1. The molecule has 0 aromatic carbocycles. The zero-order valence-corrected chi connectivity index (χ0v) is 13.7. The molecule has 1 fully saturated rings. The minimum Gasteiger partial charge on any atom is -0.467 e. The van der Waals surface area contributed by atoms with Gasteiger partial charge in [0.25, 0.3) is 0 Å². The Morgan fingerprint density at radius 2 is 2.27 bits per heavy atom. The van der Waals surface area contributed by atoms with Crippen LogP contribution in [0.4, 0.5) is 4.79 Å². The number of amides is 2. The third kappa shape index (κ3) is 4.74. The number of nitrogens with zero attached hydrogens (tertiary/aromatic N) is 2. The van der Waals surface area contributed by atoms with Crippen LogP contribution < -0.4 is 5.32 Å². The van der Waals surface area contributed by atoms with Crippen LogP contribution in [0.25, 0.3) is 0 Å². The largest absolute Gasteiger partial charge is 0.467 e. The average molecular weight is 309 g/mol. The number of hydrogen-bond donors (Lipinski definition) is 1. The van der Waals surface area contributed by atoms with Crippen LogP contribution in [-0.2, 0) is 11.3 Å². The lowest BCUT2D eigenvalue weighted by Crippen LogP contribution is -2.52. The highest BCUT2D eigenvalue weighted by molar-refractivity contribution is 5.74. The number of piperidine rings is 1. The molecule has 0 aliphatic carbocycles. The fourth-order valence-electron chi connectivity index (χ4n) is 2.83. The summed E-state index contributed by atoms with van der Waals surface area (Å²) in [6.07, 6.45) is 3.63. The molecule has 1 saturated heterocycles. The molecule has 1 aromatic rings. The summed E-state index contributed by atoms with van der Waals surface area (Å²) in [5.74, 6) is 0.813. The van der Waals surface area contributed by atoms with Gasteiger partial charge in [-0.3, -0.25) is 0 Å². The molecule has 0 spiro atoms. The monoisotopic (exact) mass is 309 g/mol. The SMILES string of the molecule is COC[C@H](C)NC(=O)N(Cc1ccco1)C1CCN(C)CC1. The Bertz CT molecular complexity index is 441. The summed E-state index contributed by atoms with van der Waals surface area (Å²) in [4.78, 5) is 16.8. The molecule has 2 heterocycles. The highest BCUT2D eigenvalue weighted by Crippen LogP contribution is 2.19. The lowest BCUT2D eigenvalue weighted by Gasteiger charge is -2.37. The Morgan fingerprint density at radius 3 is 2.86 bits per heavy atom. The predicted molar refractivity (Wildman–Crippen MR) is 84.6 cm³/mol. The highest BCUT2D eigenvalue weighted by atomic mass is 16.5. The Labute approximate surface area is 132 Å². The van der Waals surface area contributed by atoms with Crippen LogP contribution in [0.2, 0.25) is 0 Å². The Morgan fingerprint density at radius 1 is 1.55 bits per heavy atom. The van der Waals surface area contributed by atoms with Crippen molar-refractivity contribution in [1.82, 2.24) is 15.1 Å². The fraction of sp³-hybridized carbons (Fsp3) is 0.688. The van der Waals surface area contributed by atoms with Crippen LogP contribution in [0.15, 0.2) is 22.8 Å². The van der Waals surface area contributed by atoms with Crippen LogP contribution in [0.1, 0.15) is 25.5 Å². The number of rotatable bonds is 6. The van der Waals surface area contributed by atoms with Gasteiger partial charge in [0.1, 0.15) is 5.76 Å². The lowest BCUT2D eigenvalue weighted by atomic mass is 10.0. The predicted octanol–water partition coefficient (Wildman–Crippen LogP) is 1.92. The topological polar surface area (TPSA) is 58.0 Å². The lowest BCUT2D eigenvalue weighted by molar-refractivity contribution is 0.114. The first kappa shape index (κ1) is 16.8. The van der Waals surface area contributed by atoms with Crippen molar-refractivity contribution in [3.63, 3.8) is 0 Å². The zero-order chi connectivity index (χ0) is 15.9. The molecule has 1 aliphatic rings. The molecule has 1 aromatic heterocycles. The molecule has 0 bridgehead atoms. The van der Waals surface area contributed by atoms with Crippen LogP contribution in [0.3, 0.4) is 0 Å². The van der Waals surface area contributed by atoms with Gasteiger partial charge >= 0.3 is 6.03 Å². The highest BCUT2D eigenvalue weighted by Gasteiger charge is 2.28. The summed E-state index contributed by atoms with van der Waals surface area (Å²) in [6, 6.07) is 3.95. The van der Waals surface area contributed by atoms with Crippen molar-refractivity contribution in [3.05, 3.63) is 24.2 Å². The van der Waals surface area contributed by atoms with Crippen LogP contribution in [0.5, 0.6) is 0 Å². The van der Waals surface area contributed by atoms with Crippen molar-refractivity contribution in [2.75, 3.05) is 33.9 Å². The van der Waals surface area contributed by atoms with Gasteiger partial charge < -0.3 is 24.3 Å². The van der Waals surface area contributed by atoms with Crippen LogP contribution in [0, 0.1) is 0 Å². The minimum atomic E-state index is -0.0458. The number of likely N-dealkylation sites (tertiary alicyclic amines) is 1. The fourth-order valence-corrected chi connectivity index (χ4v) is 2.83. The van der Waals surface area contributed by atoms with E-state index in [1.807, 2.05) is 24.0 Å². The van der Waals surface area contributed by atoms with Gasteiger partial charge in [0, 0.05) is 13.2 Å². The number of ether oxygens (including phenoxy) is 1. The summed E-state index contributed by atoms with van der Waals surface area (Å²) < 4.78 is 10.5. The smallest absolute Gasteiger partial charge is 0.318 e. The van der Waals surface area contributed by atoms with Gasteiger partial charge in [-0.2, -0.15) is 0 Å². The molecule has 124 valence electrons. The molecule has 0 radical (unpaired) electrons. The quantitative estimate of drug-likeness (QED) is 0.872. The van der Waals surface area contributed by atoms with Crippen molar-refractivity contribution in [2.45, 2.75) is 38.4 Å². The summed E-state index contributed by atoms with van der Waals surface area (Å²) in [5, 5.41) is 3.01. The van der Waals surface area contributed by atoms with E-state index in [4.69, 9.17) is 9.15 Å². The Hall–Kier alpha value is -1.53. The van der Waals surface area contributed by atoms with Crippen molar-refractivity contribution in [3.8, 4) is 0 Å². The van der Waals surface area contributed by atoms with E-state index in [-0.39, 0.29) is 18.1 Å². The molecule has 1 atom stereocenters. The third-order valence-corrected chi connectivity index (χ3v) is 4.08.